The van der Waals surface area contributed by atoms with Gasteiger partial charge >= 0.3 is 5.97 Å². The monoisotopic (exact) mass is 421 g/mol. The molecule has 162 valence electrons. The molecule has 2 aromatic carbocycles. The van der Waals surface area contributed by atoms with E-state index in [0.717, 1.165) is 36.2 Å². The Morgan fingerprint density at radius 3 is 2.58 bits per heavy atom. The summed E-state index contributed by atoms with van der Waals surface area (Å²) in [5, 5.41) is 15.8. The van der Waals surface area contributed by atoms with Crippen molar-refractivity contribution in [3.63, 3.8) is 0 Å². The number of fused-ring (bicyclic) bond motifs is 1. The van der Waals surface area contributed by atoms with Gasteiger partial charge in [0.15, 0.2) is 5.78 Å². The Morgan fingerprint density at radius 1 is 1.16 bits per heavy atom. The van der Waals surface area contributed by atoms with Gasteiger partial charge in [-0.05, 0) is 35.4 Å². The Balaban J connectivity index is 1.60. The Hall–Kier alpha value is -3.03. The second kappa shape index (κ2) is 8.99. The zero-order chi connectivity index (χ0) is 21.8. The lowest BCUT2D eigenvalue weighted by Crippen LogP contribution is -2.54. The van der Waals surface area contributed by atoms with E-state index in [2.05, 4.69) is 5.10 Å². The number of hydrazone groups is 1. The first-order valence-corrected chi connectivity index (χ1v) is 10.6. The summed E-state index contributed by atoms with van der Waals surface area (Å²) >= 11 is 0. The number of carboxylic acid groups (broad SMARTS) is 1. The molecule has 2 unspecified atom stereocenters. The summed E-state index contributed by atoms with van der Waals surface area (Å²) in [6.45, 7) is 2.85. The van der Waals surface area contributed by atoms with Gasteiger partial charge in [-0.2, -0.15) is 5.10 Å². The number of benzene rings is 2. The molecule has 2 aliphatic rings. The molecule has 1 fully saturated rings. The summed E-state index contributed by atoms with van der Waals surface area (Å²) in [5.74, 6) is -1.65. The molecule has 2 atom stereocenters. The maximum absolute atomic E-state index is 13.6. The molecule has 0 radical (unpaired) electrons. The number of aryl methyl sites for hydroxylation is 1. The van der Waals surface area contributed by atoms with Crippen molar-refractivity contribution in [2.75, 3.05) is 26.3 Å². The largest absolute Gasteiger partial charge is 0.481 e. The number of rotatable bonds is 6. The number of ketones is 1. The predicted octanol–water partition coefficient (Wildman–Crippen LogP) is 2.43. The fourth-order valence-electron chi connectivity index (χ4n) is 4.48. The molecule has 7 heteroatoms. The van der Waals surface area contributed by atoms with Gasteiger partial charge in [0.25, 0.3) is 0 Å². The summed E-state index contributed by atoms with van der Waals surface area (Å²) in [6.07, 6.45) is 2.91. The Labute approximate surface area is 181 Å². The van der Waals surface area contributed by atoms with Gasteiger partial charge in [-0.3, -0.25) is 14.6 Å². The molecule has 0 bridgehead atoms. The van der Waals surface area contributed by atoms with Crippen LogP contribution in [0, 0.1) is 5.92 Å². The summed E-state index contributed by atoms with van der Waals surface area (Å²) < 4.78 is 5.32. The second-order valence-electron chi connectivity index (χ2n) is 8.12. The molecule has 7 nitrogen and oxygen atoms in total. The highest BCUT2D eigenvalue weighted by Crippen LogP contribution is 2.41. The molecule has 1 aliphatic carbocycles. The van der Waals surface area contributed by atoms with Crippen molar-refractivity contribution in [1.29, 1.82) is 0 Å². The van der Waals surface area contributed by atoms with Crippen LogP contribution in [-0.4, -0.2) is 54.4 Å². The van der Waals surface area contributed by atoms with Crippen molar-refractivity contribution in [2.45, 2.75) is 24.8 Å². The number of aliphatic carboxylic acids is 1. The molecule has 0 saturated carbocycles. The molecule has 4 rings (SSSR count). The number of ether oxygens (including phenoxy) is 1. The maximum atomic E-state index is 13.6. The molecule has 1 heterocycles. The second-order valence-corrected chi connectivity index (χ2v) is 8.12. The molecule has 2 aromatic rings. The minimum Gasteiger partial charge on any atom is -0.481 e. The van der Waals surface area contributed by atoms with Gasteiger partial charge in [0.2, 0.25) is 0 Å². The van der Waals surface area contributed by atoms with Crippen molar-refractivity contribution in [1.82, 2.24) is 5.01 Å². The average molecular weight is 421 g/mol. The smallest absolute Gasteiger partial charge is 0.303 e. The van der Waals surface area contributed by atoms with Crippen molar-refractivity contribution in [3.05, 3.63) is 70.8 Å². The first-order valence-electron chi connectivity index (χ1n) is 10.6. The van der Waals surface area contributed by atoms with Crippen LogP contribution in [-0.2, 0) is 21.5 Å². The number of hydrogen-bond donors (Lipinski definition) is 2. The number of carbonyl (C=O) groups excluding carboxylic acids is 1. The van der Waals surface area contributed by atoms with Crippen molar-refractivity contribution in [2.24, 2.45) is 16.8 Å². The van der Waals surface area contributed by atoms with Crippen LogP contribution < -0.4 is 5.73 Å². The van der Waals surface area contributed by atoms with Crippen LogP contribution in [0.4, 0.5) is 0 Å². The average Bonchev–Trinajstić information content (AvgIpc) is 2.80. The van der Waals surface area contributed by atoms with Gasteiger partial charge in [-0.15, -0.1) is 0 Å². The van der Waals surface area contributed by atoms with Crippen LogP contribution in [0.5, 0.6) is 0 Å². The van der Waals surface area contributed by atoms with Gasteiger partial charge in [-0.25, -0.2) is 0 Å². The van der Waals surface area contributed by atoms with Crippen LogP contribution in [0.2, 0.25) is 0 Å². The summed E-state index contributed by atoms with van der Waals surface area (Å²) in [4.78, 5) is 25.1. The number of nitrogens with zero attached hydrogens (tertiary/aromatic N) is 2. The molecule has 0 aromatic heterocycles. The lowest BCUT2D eigenvalue weighted by molar-refractivity contribution is -0.138. The van der Waals surface area contributed by atoms with Gasteiger partial charge < -0.3 is 15.6 Å². The highest BCUT2D eigenvalue weighted by Gasteiger charge is 2.47. The topological polar surface area (TPSA) is 105 Å². The minimum atomic E-state index is -1.36. The van der Waals surface area contributed by atoms with Crippen LogP contribution in [0.1, 0.15) is 39.9 Å². The predicted molar refractivity (Wildman–Crippen MR) is 117 cm³/mol. The quantitative estimate of drug-likeness (QED) is 0.548. The van der Waals surface area contributed by atoms with Gasteiger partial charge in [-0.1, -0.05) is 48.5 Å². The summed E-state index contributed by atoms with van der Waals surface area (Å²) in [7, 11) is 0. The summed E-state index contributed by atoms with van der Waals surface area (Å²) in [6, 6.07) is 14.7. The number of carbonyl (C=O) groups is 2. The van der Waals surface area contributed by atoms with E-state index in [9.17, 15) is 14.7 Å². The molecular formula is C24H27N3O4. The standard InChI is InChI=1S/C24H27N3O4/c25-24(20(15-22(28)29)10-9-18-3-1-2-4-21(18)24)23(30)19-7-5-17(6-8-19)16-26-27-11-13-31-14-12-27/h1-8,16,20H,9-15,25H2,(H,28,29). The third-order valence-corrected chi connectivity index (χ3v) is 6.20. The number of hydrogen-bond acceptors (Lipinski definition) is 6. The molecular weight excluding hydrogens is 394 g/mol. The Bertz CT molecular complexity index is 983. The number of carboxylic acids is 1. The van der Waals surface area contributed by atoms with Crippen LogP contribution in [0.3, 0.4) is 0 Å². The maximum Gasteiger partial charge on any atom is 0.303 e. The van der Waals surface area contributed by atoms with Gasteiger partial charge in [0.05, 0.1) is 38.9 Å². The number of morpholine rings is 1. The van der Waals surface area contributed by atoms with E-state index >= 15 is 0 Å². The van der Waals surface area contributed by atoms with E-state index < -0.39 is 17.4 Å². The lowest BCUT2D eigenvalue weighted by Gasteiger charge is -2.41. The molecule has 3 N–H and O–H groups in total. The van der Waals surface area contributed by atoms with E-state index in [0.29, 0.717) is 25.2 Å². The van der Waals surface area contributed by atoms with Crippen LogP contribution >= 0.6 is 0 Å². The summed E-state index contributed by atoms with van der Waals surface area (Å²) in [5.41, 5.74) is 8.50. The third kappa shape index (κ3) is 4.38. The SMILES string of the molecule is NC1(C(=O)c2ccc(C=NN3CCOCC3)cc2)c2ccccc2CCC1CC(=O)O. The molecule has 0 spiro atoms. The Morgan fingerprint density at radius 2 is 1.87 bits per heavy atom. The zero-order valence-corrected chi connectivity index (χ0v) is 17.4. The molecule has 31 heavy (non-hydrogen) atoms. The van der Waals surface area contributed by atoms with Gasteiger partial charge in [0.1, 0.15) is 5.54 Å². The molecule has 1 saturated heterocycles. The number of nitrogens with two attached hydrogens (primary N) is 1. The first kappa shape index (κ1) is 21.2. The molecule has 0 amide bonds. The van der Waals surface area contributed by atoms with E-state index in [1.165, 1.54) is 0 Å². The van der Waals surface area contributed by atoms with Crippen LogP contribution in [0.15, 0.2) is 53.6 Å². The van der Waals surface area contributed by atoms with Gasteiger partial charge in [0, 0.05) is 5.56 Å². The lowest BCUT2D eigenvalue weighted by atomic mass is 9.65. The zero-order valence-electron chi connectivity index (χ0n) is 17.4. The molecule has 1 aliphatic heterocycles. The minimum absolute atomic E-state index is 0.138. The fraction of sp³-hybridized carbons (Fsp3) is 0.375. The fourth-order valence-corrected chi connectivity index (χ4v) is 4.48. The Kier molecular flexibility index (Phi) is 6.15. The number of Topliss-reactive ketones (excluding diaryl/α,β-unsaturated/α-hetero) is 1. The first-order chi connectivity index (χ1) is 15.0. The van der Waals surface area contributed by atoms with Crippen molar-refractivity contribution < 1.29 is 19.4 Å². The van der Waals surface area contributed by atoms with Crippen molar-refractivity contribution >= 4 is 18.0 Å². The highest BCUT2D eigenvalue weighted by atomic mass is 16.5. The van der Waals surface area contributed by atoms with E-state index in [1.54, 1.807) is 18.3 Å². The van der Waals surface area contributed by atoms with E-state index in [1.807, 2.05) is 41.4 Å². The van der Waals surface area contributed by atoms with E-state index in [-0.39, 0.29) is 12.2 Å². The third-order valence-electron chi connectivity index (χ3n) is 6.20. The van der Waals surface area contributed by atoms with Crippen LogP contribution in [0.25, 0.3) is 0 Å². The highest BCUT2D eigenvalue weighted by molar-refractivity contribution is 6.05. The van der Waals surface area contributed by atoms with E-state index in [4.69, 9.17) is 10.5 Å². The van der Waals surface area contributed by atoms with Crippen molar-refractivity contribution in [3.8, 4) is 0 Å². The normalized spacial score (nSPS) is 23.5.